The van der Waals surface area contributed by atoms with Crippen LogP contribution in [-0.2, 0) is 0 Å². The third-order valence-corrected chi connectivity index (χ3v) is 3.33. The van der Waals surface area contributed by atoms with Crippen LogP contribution in [0.4, 0.5) is 0 Å². The molecule has 19 heavy (non-hydrogen) atoms. The van der Waals surface area contributed by atoms with E-state index >= 15 is 0 Å². The summed E-state index contributed by atoms with van der Waals surface area (Å²) in [5.41, 5.74) is 10.6. The van der Waals surface area contributed by atoms with E-state index in [9.17, 15) is 5.11 Å². The highest BCUT2D eigenvalue weighted by atomic mass is 16.3. The van der Waals surface area contributed by atoms with Crippen molar-refractivity contribution in [2.45, 2.75) is 13.0 Å². The van der Waals surface area contributed by atoms with Crippen LogP contribution in [0.1, 0.15) is 22.7 Å². The number of benzene rings is 2. The Bertz CT molecular complexity index is 617. The van der Waals surface area contributed by atoms with Gasteiger partial charge >= 0.3 is 0 Å². The van der Waals surface area contributed by atoms with E-state index in [1.165, 1.54) is 5.56 Å². The zero-order chi connectivity index (χ0) is 13.2. The average molecular weight is 252 g/mol. The van der Waals surface area contributed by atoms with Crippen LogP contribution >= 0.6 is 0 Å². The van der Waals surface area contributed by atoms with Gasteiger partial charge in [0.1, 0.15) is 5.75 Å². The minimum absolute atomic E-state index is 0.0162. The van der Waals surface area contributed by atoms with Crippen LogP contribution in [0, 0.1) is 6.92 Å². The second-order valence-electron chi connectivity index (χ2n) is 4.75. The van der Waals surface area contributed by atoms with Gasteiger partial charge in [0.15, 0.2) is 0 Å². The van der Waals surface area contributed by atoms with Gasteiger partial charge in [-0.05, 0) is 24.6 Å². The third-order valence-electron chi connectivity index (χ3n) is 3.33. The fourth-order valence-electron chi connectivity index (χ4n) is 2.23. The molecule has 1 unspecified atom stereocenters. The molecule has 3 rings (SSSR count). The number of nitrogens with one attached hydrogen (secondary N) is 2. The highest BCUT2D eigenvalue weighted by molar-refractivity contribution is 5.67. The minimum Gasteiger partial charge on any atom is -0.508 e. The molecule has 1 aliphatic rings. The number of hydrogen-bond donors (Lipinski definition) is 3. The molecule has 96 valence electrons. The van der Waals surface area contributed by atoms with E-state index in [4.69, 9.17) is 0 Å². The van der Waals surface area contributed by atoms with Gasteiger partial charge in [-0.15, -0.1) is 0 Å². The Hall–Kier alpha value is -2.26. The topological polar surface area (TPSA) is 44.3 Å². The summed E-state index contributed by atoms with van der Waals surface area (Å²) in [5.74, 6) is 0.309. The van der Waals surface area contributed by atoms with Crippen molar-refractivity contribution in [2.24, 2.45) is 0 Å². The molecule has 0 spiro atoms. The molecule has 0 fully saturated rings. The SMILES string of the molecule is Cc1ccc(C2=CC(c3ccccc3O)NN2)cc1. The summed E-state index contributed by atoms with van der Waals surface area (Å²) < 4.78 is 0. The van der Waals surface area contributed by atoms with E-state index in [1.54, 1.807) is 6.07 Å². The van der Waals surface area contributed by atoms with E-state index in [-0.39, 0.29) is 6.04 Å². The number of phenolic OH excluding ortho intramolecular Hbond substituents is 1. The quantitative estimate of drug-likeness (QED) is 0.770. The van der Waals surface area contributed by atoms with Crippen LogP contribution in [0.3, 0.4) is 0 Å². The summed E-state index contributed by atoms with van der Waals surface area (Å²) >= 11 is 0. The van der Waals surface area contributed by atoms with Gasteiger partial charge in [0, 0.05) is 5.56 Å². The molecular weight excluding hydrogens is 236 g/mol. The van der Waals surface area contributed by atoms with Crippen molar-refractivity contribution in [2.75, 3.05) is 0 Å². The van der Waals surface area contributed by atoms with Gasteiger partial charge in [-0.2, -0.15) is 0 Å². The van der Waals surface area contributed by atoms with Crippen LogP contribution in [0.5, 0.6) is 5.75 Å². The van der Waals surface area contributed by atoms with Crippen molar-refractivity contribution in [1.29, 1.82) is 0 Å². The summed E-state index contributed by atoms with van der Waals surface area (Å²) in [6.45, 7) is 2.07. The first-order valence-electron chi connectivity index (χ1n) is 6.32. The molecule has 1 heterocycles. The van der Waals surface area contributed by atoms with Crippen LogP contribution in [0.15, 0.2) is 54.6 Å². The second kappa shape index (κ2) is 4.78. The lowest BCUT2D eigenvalue weighted by Gasteiger charge is -2.10. The molecule has 3 N–H and O–H groups in total. The molecule has 1 atom stereocenters. The Morgan fingerprint density at radius 1 is 1.00 bits per heavy atom. The maximum Gasteiger partial charge on any atom is 0.120 e. The summed E-state index contributed by atoms with van der Waals surface area (Å²) in [5, 5.41) is 9.87. The second-order valence-corrected chi connectivity index (χ2v) is 4.75. The van der Waals surface area contributed by atoms with E-state index in [0.717, 1.165) is 16.8 Å². The highest BCUT2D eigenvalue weighted by Gasteiger charge is 2.19. The molecule has 1 aliphatic heterocycles. The lowest BCUT2D eigenvalue weighted by Crippen LogP contribution is -2.26. The molecule has 0 aromatic heterocycles. The van der Waals surface area contributed by atoms with E-state index < -0.39 is 0 Å². The molecule has 2 aromatic rings. The number of aromatic hydroxyl groups is 1. The van der Waals surface area contributed by atoms with Crippen molar-refractivity contribution in [3.63, 3.8) is 0 Å². The standard InChI is InChI=1S/C16H16N2O/c1-11-6-8-12(9-7-11)14-10-15(18-17-14)13-4-2-3-5-16(13)19/h2-10,15,17-19H,1H3. The summed E-state index contributed by atoms with van der Waals surface area (Å²) in [6.07, 6.45) is 2.08. The molecule has 3 heteroatoms. The van der Waals surface area contributed by atoms with Gasteiger partial charge in [0.25, 0.3) is 0 Å². The number of aryl methyl sites for hydroxylation is 1. The smallest absolute Gasteiger partial charge is 0.120 e. The van der Waals surface area contributed by atoms with E-state index in [2.05, 4.69) is 48.1 Å². The first kappa shape index (κ1) is 11.8. The Balaban J connectivity index is 1.89. The zero-order valence-corrected chi connectivity index (χ0v) is 10.7. The molecular formula is C16H16N2O. The van der Waals surface area contributed by atoms with Gasteiger partial charge in [-0.1, -0.05) is 48.0 Å². The Labute approximate surface area is 112 Å². The van der Waals surface area contributed by atoms with Crippen molar-refractivity contribution >= 4 is 5.70 Å². The summed E-state index contributed by atoms with van der Waals surface area (Å²) in [6, 6.07) is 15.7. The number of phenols is 1. The predicted octanol–water partition coefficient (Wildman–Crippen LogP) is 2.89. The average Bonchev–Trinajstić information content (AvgIpc) is 2.89. The Morgan fingerprint density at radius 3 is 2.47 bits per heavy atom. The summed E-state index contributed by atoms with van der Waals surface area (Å²) in [7, 11) is 0. The highest BCUT2D eigenvalue weighted by Crippen LogP contribution is 2.29. The largest absolute Gasteiger partial charge is 0.508 e. The van der Waals surface area contributed by atoms with Crippen LogP contribution in [-0.4, -0.2) is 5.11 Å². The van der Waals surface area contributed by atoms with Crippen molar-refractivity contribution in [1.82, 2.24) is 10.9 Å². The number of hydrogen-bond acceptors (Lipinski definition) is 3. The zero-order valence-electron chi connectivity index (χ0n) is 10.7. The number of hydrazine groups is 1. The normalized spacial score (nSPS) is 17.9. The molecule has 3 nitrogen and oxygen atoms in total. The van der Waals surface area contributed by atoms with Crippen molar-refractivity contribution in [3.05, 3.63) is 71.3 Å². The van der Waals surface area contributed by atoms with Gasteiger partial charge < -0.3 is 10.5 Å². The molecule has 2 aromatic carbocycles. The lowest BCUT2D eigenvalue weighted by molar-refractivity contribution is 0.459. The molecule has 0 saturated carbocycles. The maximum atomic E-state index is 9.87. The Morgan fingerprint density at radius 2 is 1.74 bits per heavy atom. The lowest BCUT2D eigenvalue weighted by atomic mass is 10.0. The fourth-order valence-corrected chi connectivity index (χ4v) is 2.23. The molecule has 0 aliphatic carbocycles. The van der Waals surface area contributed by atoms with Crippen LogP contribution in [0.2, 0.25) is 0 Å². The first-order chi connectivity index (χ1) is 9.24. The maximum absolute atomic E-state index is 9.87. The van der Waals surface area contributed by atoms with Crippen LogP contribution < -0.4 is 10.9 Å². The van der Waals surface area contributed by atoms with Crippen molar-refractivity contribution in [3.8, 4) is 5.75 Å². The number of rotatable bonds is 2. The molecule has 0 radical (unpaired) electrons. The monoisotopic (exact) mass is 252 g/mol. The van der Waals surface area contributed by atoms with E-state index in [1.807, 2.05) is 18.2 Å². The molecule has 0 saturated heterocycles. The van der Waals surface area contributed by atoms with Gasteiger partial charge in [-0.25, -0.2) is 5.43 Å². The number of para-hydroxylation sites is 1. The van der Waals surface area contributed by atoms with Crippen LogP contribution in [0.25, 0.3) is 5.70 Å². The summed E-state index contributed by atoms with van der Waals surface area (Å²) in [4.78, 5) is 0. The van der Waals surface area contributed by atoms with E-state index in [0.29, 0.717) is 5.75 Å². The van der Waals surface area contributed by atoms with Crippen molar-refractivity contribution < 1.29 is 5.11 Å². The van der Waals surface area contributed by atoms with Gasteiger partial charge in [0.2, 0.25) is 0 Å². The molecule has 0 bridgehead atoms. The Kier molecular flexibility index (Phi) is 2.97. The minimum atomic E-state index is -0.0162. The first-order valence-corrected chi connectivity index (χ1v) is 6.32. The molecule has 0 amide bonds. The third kappa shape index (κ3) is 2.33. The predicted molar refractivity (Wildman–Crippen MR) is 76.3 cm³/mol. The fraction of sp³-hybridized carbons (Fsp3) is 0.125. The van der Waals surface area contributed by atoms with Gasteiger partial charge in [-0.3, -0.25) is 0 Å². The van der Waals surface area contributed by atoms with Gasteiger partial charge in [0.05, 0.1) is 11.7 Å².